The van der Waals surface area contributed by atoms with E-state index in [-0.39, 0.29) is 5.56 Å². The summed E-state index contributed by atoms with van der Waals surface area (Å²) in [7, 11) is 1.72. The first-order valence-electron chi connectivity index (χ1n) is 5.95. The van der Waals surface area contributed by atoms with Gasteiger partial charge in [-0.15, -0.1) is 0 Å². The maximum absolute atomic E-state index is 12.3. The van der Waals surface area contributed by atoms with Gasteiger partial charge in [0.25, 0.3) is 5.56 Å². The van der Waals surface area contributed by atoms with Crippen LogP contribution in [-0.4, -0.2) is 25.4 Å². The molecule has 0 unspecified atom stereocenters. The molecule has 0 aliphatic rings. The molecule has 20 heavy (non-hydrogen) atoms. The summed E-state index contributed by atoms with van der Waals surface area (Å²) >= 11 is 3.39. The van der Waals surface area contributed by atoms with Crippen LogP contribution < -0.4 is 5.56 Å². The van der Waals surface area contributed by atoms with E-state index in [1.165, 1.54) is 14.2 Å². The summed E-state index contributed by atoms with van der Waals surface area (Å²) in [5, 5.41) is 1.61. The Balaban J connectivity index is 2.13. The van der Waals surface area contributed by atoms with E-state index in [1.807, 2.05) is 24.3 Å². The fraction of sp³-hybridized carbons (Fsp3) is 0.308. The van der Waals surface area contributed by atoms with Crippen LogP contribution in [0.4, 0.5) is 0 Å². The van der Waals surface area contributed by atoms with Crippen LogP contribution in [-0.2, 0) is 20.1 Å². The van der Waals surface area contributed by atoms with E-state index >= 15 is 0 Å². The van der Waals surface area contributed by atoms with Crippen LogP contribution in [0.5, 0.6) is 0 Å². The van der Waals surface area contributed by atoms with Gasteiger partial charge < -0.3 is 18.1 Å². The SMILES string of the molecule is COP(OC)OCCn1ccc2cc(Br)ccc2c1=O. The first-order valence-corrected chi connectivity index (χ1v) is 7.84. The largest absolute Gasteiger partial charge is 0.332 e. The fourth-order valence-corrected chi connectivity index (χ4v) is 2.80. The third kappa shape index (κ3) is 3.65. The van der Waals surface area contributed by atoms with E-state index in [2.05, 4.69) is 15.9 Å². The number of benzene rings is 1. The maximum Gasteiger partial charge on any atom is 0.332 e. The molecule has 0 saturated carbocycles. The second kappa shape index (κ2) is 7.29. The minimum atomic E-state index is -1.32. The van der Waals surface area contributed by atoms with Crippen LogP contribution >= 0.6 is 24.5 Å². The van der Waals surface area contributed by atoms with Gasteiger partial charge in [0.1, 0.15) is 0 Å². The second-order valence-corrected chi connectivity index (χ2v) is 6.32. The number of hydrogen-bond donors (Lipinski definition) is 0. The van der Waals surface area contributed by atoms with Gasteiger partial charge in [0.15, 0.2) is 0 Å². The van der Waals surface area contributed by atoms with E-state index in [0.717, 1.165) is 9.86 Å². The Morgan fingerprint density at radius 3 is 2.70 bits per heavy atom. The highest BCUT2D eigenvalue weighted by Crippen LogP contribution is 2.36. The van der Waals surface area contributed by atoms with Crippen molar-refractivity contribution in [3.8, 4) is 0 Å². The third-order valence-corrected chi connectivity index (χ3v) is 4.25. The van der Waals surface area contributed by atoms with E-state index in [1.54, 1.807) is 10.8 Å². The van der Waals surface area contributed by atoms with Crippen LogP contribution in [0, 0.1) is 0 Å². The molecule has 0 aliphatic carbocycles. The summed E-state index contributed by atoms with van der Waals surface area (Å²) in [5.41, 5.74) is -0.0299. The number of nitrogens with zero attached hydrogens (tertiary/aromatic N) is 1. The zero-order chi connectivity index (χ0) is 14.5. The molecule has 0 spiro atoms. The van der Waals surface area contributed by atoms with Crippen LogP contribution in [0.3, 0.4) is 0 Å². The molecule has 1 heterocycles. The Morgan fingerprint density at radius 1 is 1.25 bits per heavy atom. The fourth-order valence-electron chi connectivity index (χ4n) is 1.83. The van der Waals surface area contributed by atoms with Crippen molar-refractivity contribution in [3.63, 3.8) is 0 Å². The summed E-state index contributed by atoms with van der Waals surface area (Å²) < 4.78 is 17.9. The number of halogens is 1. The van der Waals surface area contributed by atoms with Crippen LogP contribution in [0.25, 0.3) is 10.8 Å². The molecule has 0 atom stereocenters. The zero-order valence-electron chi connectivity index (χ0n) is 11.2. The Morgan fingerprint density at radius 2 is 2.00 bits per heavy atom. The van der Waals surface area contributed by atoms with Gasteiger partial charge in [-0.05, 0) is 29.7 Å². The van der Waals surface area contributed by atoms with E-state index in [9.17, 15) is 4.79 Å². The molecule has 0 aliphatic heterocycles. The highest BCUT2D eigenvalue weighted by molar-refractivity contribution is 9.10. The number of aromatic nitrogens is 1. The van der Waals surface area contributed by atoms with Crippen molar-refractivity contribution in [2.45, 2.75) is 6.54 Å². The predicted molar refractivity (Wildman–Crippen MR) is 82.8 cm³/mol. The van der Waals surface area contributed by atoms with Crippen LogP contribution in [0.15, 0.2) is 39.7 Å². The van der Waals surface area contributed by atoms with Crippen molar-refractivity contribution < 1.29 is 13.6 Å². The molecule has 1 aromatic carbocycles. The van der Waals surface area contributed by atoms with Gasteiger partial charge in [-0.25, -0.2) is 0 Å². The normalized spacial score (nSPS) is 11.4. The van der Waals surface area contributed by atoms with Crippen molar-refractivity contribution in [2.75, 3.05) is 20.8 Å². The van der Waals surface area contributed by atoms with Crippen LogP contribution in [0.2, 0.25) is 0 Å². The van der Waals surface area contributed by atoms with Crippen LogP contribution in [0.1, 0.15) is 0 Å². The smallest absolute Gasteiger partial charge is 0.316 e. The summed E-state index contributed by atoms with van der Waals surface area (Å²) in [4.78, 5) is 12.3. The van der Waals surface area contributed by atoms with Crippen molar-refractivity contribution >= 4 is 35.3 Å². The minimum absolute atomic E-state index is 0.0299. The Labute approximate surface area is 126 Å². The van der Waals surface area contributed by atoms with Gasteiger partial charge in [-0.3, -0.25) is 4.79 Å². The molecule has 0 radical (unpaired) electrons. The summed E-state index contributed by atoms with van der Waals surface area (Å²) in [6, 6.07) is 7.51. The second-order valence-electron chi connectivity index (χ2n) is 3.97. The molecule has 0 fully saturated rings. The number of fused-ring (bicyclic) bond motifs is 1. The Bertz CT molecular complexity index is 642. The molecule has 0 N–H and O–H groups in total. The van der Waals surface area contributed by atoms with E-state index in [4.69, 9.17) is 13.6 Å². The molecular formula is C13H15BrNO4P. The lowest BCUT2D eigenvalue weighted by atomic mass is 10.2. The average molecular weight is 360 g/mol. The van der Waals surface area contributed by atoms with Crippen molar-refractivity contribution in [1.82, 2.24) is 4.57 Å². The lowest BCUT2D eigenvalue weighted by Gasteiger charge is -2.12. The topological polar surface area (TPSA) is 49.7 Å². The maximum atomic E-state index is 12.3. The predicted octanol–water partition coefficient (Wildman–Crippen LogP) is 3.30. The van der Waals surface area contributed by atoms with Gasteiger partial charge in [0, 0.05) is 36.8 Å². The molecule has 108 valence electrons. The number of hydrogen-bond acceptors (Lipinski definition) is 4. The molecular weight excluding hydrogens is 345 g/mol. The highest BCUT2D eigenvalue weighted by Gasteiger charge is 2.08. The van der Waals surface area contributed by atoms with Crippen molar-refractivity contribution in [3.05, 3.63) is 45.3 Å². The zero-order valence-corrected chi connectivity index (χ0v) is 13.7. The minimum Gasteiger partial charge on any atom is -0.316 e. The Hall–Kier alpha value is -0.780. The molecule has 1 aromatic heterocycles. The Kier molecular flexibility index (Phi) is 5.69. The third-order valence-electron chi connectivity index (χ3n) is 2.77. The summed E-state index contributed by atoms with van der Waals surface area (Å²) in [6.45, 7) is 0.811. The van der Waals surface area contributed by atoms with Gasteiger partial charge in [0.2, 0.25) is 0 Å². The monoisotopic (exact) mass is 359 g/mol. The lowest BCUT2D eigenvalue weighted by molar-refractivity contribution is 0.199. The van der Waals surface area contributed by atoms with Gasteiger partial charge in [-0.1, -0.05) is 15.9 Å². The van der Waals surface area contributed by atoms with Crippen molar-refractivity contribution in [2.24, 2.45) is 0 Å². The molecule has 0 amide bonds. The van der Waals surface area contributed by atoms with E-state index in [0.29, 0.717) is 18.5 Å². The average Bonchev–Trinajstić information content (AvgIpc) is 2.45. The van der Waals surface area contributed by atoms with Gasteiger partial charge in [-0.2, -0.15) is 0 Å². The van der Waals surface area contributed by atoms with Gasteiger partial charge in [0.05, 0.1) is 6.61 Å². The quantitative estimate of drug-likeness (QED) is 0.742. The number of rotatable bonds is 6. The first-order chi connectivity index (χ1) is 9.65. The summed E-state index contributed by atoms with van der Waals surface area (Å²) in [6.07, 6.45) is 1.77. The molecule has 2 rings (SSSR count). The molecule has 7 heteroatoms. The molecule has 5 nitrogen and oxygen atoms in total. The molecule has 2 aromatic rings. The summed E-state index contributed by atoms with van der Waals surface area (Å²) in [5.74, 6) is 0. The van der Waals surface area contributed by atoms with Crippen molar-refractivity contribution in [1.29, 1.82) is 0 Å². The number of pyridine rings is 1. The standard InChI is InChI=1S/C13H15BrNO4P/c1-17-20(18-2)19-8-7-15-6-5-10-9-11(14)3-4-12(10)13(15)16/h3-6,9H,7-8H2,1-2H3. The lowest BCUT2D eigenvalue weighted by Crippen LogP contribution is -2.21. The highest BCUT2D eigenvalue weighted by atomic mass is 79.9. The first kappa shape index (κ1) is 15.6. The molecule has 0 saturated heterocycles. The van der Waals surface area contributed by atoms with E-state index < -0.39 is 8.60 Å². The molecule has 0 bridgehead atoms. The van der Waals surface area contributed by atoms with Gasteiger partial charge >= 0.3 is 8.60 Å².